The van der Waals surface area contributed by atoms with Crippen molar-refractivity contribution in [2.75, 3.05) is 32.6 Å². The van der Waals surface area contributed by atoms with E-state index in [0.29, 0.717) is 6.04 Å². The second kappa shape index (κ2) is 5.56. The predicted octanol–water partition coefficient (Wildman–Crippen LogP) is 1.17. The third kappa shape index (κ3) is 2.85. The van der Waals surface area contributed by atoms with Crippen LogP contribution in [0.25, 0.3) is 0 Å². The number of amides is 1. The first kappa shape index (κ1) is 11.8. The van der Waals surface area contributed by atoms with Crippen molar-refractivity contribution >= 4 is 17.5 Å². The Morgan fingerprint density at radius 2 is 2.36 bits per heavy atom. The fourth-order valence-corrected chi connectivity index (χ4v) is 2.26. The van der Waals surface area contributed by atoms with Crippen molar-refractivity contribution in [3.05, 3.63) is 0 Å². The first-order valence-corrected chi connectivity index (χ1v) is 5.76. The van der Waals surface area contributed by atoms with Gasteiger partial charge in [-0.15, -0.1) is 11.6 Å². The molecule has 0 spiro atoms. The van der Waals surface area contributed by atoms with Crippen molar-refractivity contribution in [1.29, 1.82) is 0 Å². The lowest BCUT2D eigenvalue weighted by Crippen LogP contribution is -2.49. The molecule has 1 heterocycles. The highest BCUT2D eigenvalue weighted by atomic mass is 35.5. The molecule has 1 atom stereocenters. The third-order valence-corrected chi connectivity index (χ3v) is 3.04. The van der Waals surface area contributed by atoms with Crippen molar-refractivity contribution in [3.8, 4) is 0 Å². The van der Waals surface area contributed by atoms with Crippen molar-refractivity contribution in [2.24, 2.45) is 0 Å². The topological polar surface area (TPSA) is 23.6 Å². The van der Waals surface area contributed by atoms with E-state index in [1.807, 2.05) is 11.8 Å². The Hall–Kier alpha value is -0.280. The van der Waals surface area contributed by atoms with E-state index in [-0.39, 0.29) is 11.8 Å². The van der Waals surface area contributed by atoms with Crippen LogP contribution in [-0.2, 0) is 4.79 Å². The van der Waals surface area contributed by atoms with Crippen LogP contribution in [-0.4, -0.2) is 54.3 Å². The summed E-state index contributed by atoms with van der Waals surface area (Å²) in [4.78, 5) is 15.7. The molecule has 1 amide bonds. The van der Waals surface area contributed by atoms with Crippen LogP contribution in [0.4, 0.5) is 0 Å². The van der Waals surface area contributed by atoms with Gasteiger partial charge in [-0.2, -0.15) is 0 Å². The maximum atomic E-state index is 11.5. The molecule has 0 aliphatic carbocycles. The van der Waals surface area contributed by atoms with Gasteiger partial charge in [0.1, 0.15) is 5.88 Å². The largest absolute Gasteiger partial charge is 0.338 e. The van der Waals surface area contributed by atoms with E-state index in [0.717, 1.165) is 26.1 Å². The summed E-state index contributed by atoms with van der Waals surface area (Å²) in [5, 5.41) is 0. The maximum Gasteiger partial charge on any atom is 0.237 e. The number of carbonyl (C=O) groups is 1. The monoisotopic (exact) mass is 218 g/mol. The van der Waals surface area contributed by atoms with Gasteiger partial charge in [0.25, 0.3) is 0 Å². The zero-order valence-corrected chi connectivity index (χ0v) is 9.76. The van der Waals surface area contributed by atoms with Crippen LogP contribution in [0.1, 0.15) is 19.8 Å². The van der Waals surface area contributed by atoms with Gasteiger partial charge in [0.2, 0.25) is 5.91 Å². The fourth-order valence-electron chi connectivity index (χ4n) is 2.11. The summed E-state index contributed by atoms with van der Waals surface area (Å²) in [5.74, 6) is 0.170. The number of halogens is 1. The van der Waals surface area contributed by atoms with Gasteiger partial charge in [-0.25, -0.2) is 0 Å². The Morgan fingerprint density at radius 3 is 2.86 bits per heavy atom. The highest BCUT2D eigenvalue weighted by Crippen LogP contribution is 2.14. The third-order valence-electron chi connectivity index (χ3n) is 2.82. The molecule has 3 nitrogen and oxygen atoms in total. The van der Waals surface area contributed by atoms with Crippen LogP contribution in [0.5, 0.6) is 0 Å². The first-order chi connectivity index (χ1) is 6.69. The molecule has 0 N–H and O–H groups in total. The zero-order chi connectivity index (χ0) is 10.6. The molecule has 0 unspecified atom stereocenters. The smallest absolute Gasteiger partial charge is 0.237 e. The lowest BCUT2D eigenvalue weighted by atomic mass is 10.0. The second-order valence-electron chi connectivity index (χ2n) is 3.87. The van der Waals surface area contributed by atoms with Gasteiger partial charge in [-0.05, 0) is 33.4 Å². The highest BCUT2D eigenvalue weighted by molar-refractivity contribution is 6.27. The number of hydrogen-bond acceptors (Lipinski definition) is 2. The van der Waals surface area contributed by atoms with Crippen molar-refractivity contribution < 1.29 is 4.79 Å². The molecular weight excluding hydrogens is 200 g/mol. The fraction of sp³-hybridized carbons (Fsp3) is 0.900. The van der Waals surface area contributed by atoms with Gasteiger partial charge in [-0.1, -0.05) is 0 Å². The van der Waals surface area contributed by atoms with E-state index in [2.05, 4.69) is 11.9 Å². The number of carbonyl (C=O) groups excluding carboxylic acids is 1. The van der Waals surface area contributed by atoms with Gasteiger partial charge in [0.15, 0.2) is 0 Å². The summed E-state index contributed by atoms with van der Waals surface area (Å²) in [5.41, 5.74) is 0. The molecule has 1 rings (SSSR count). The van der Waals surface area contributed by atoms with E-state index in [1.165, 1.54) is 6.42 Å². The van der Waals surface area contributed by atoms with Gasteiger partial charge in [0.05, 0.1) is 0 Å². The van der Waals surface area contributed by atoms with E-state index in [1.54, 1.807) is 0 Å². The van der Waals surface area contributed by atoms with E-state index >= 15 is 0 Å². The molecule has 1 aliphatic heterocycles. The number of nitrogens with zero attached hydrogens (tertiary/aromatic N) is 2. The molecule has 1 aliphatic rings. The molecule has 82 valence electrons. The van der Waals surface area contributed by atoms with Gasteiger partial charge < -0.3 is 9.80 Å². The maximum absolute atomic E-state index is 11.5. The van der Waals surface area contributed by atoms with Crippen LogP contribution in [0, 0.1) is 0 Å². The summed E-state index contributed by atoms with van der Waals surface area (Å²) < 4.78 is 0. The second-order valence-corrected chi connectivity index (χ2v) is 4.14. The Bertz CT molecular complexity index is 199. The van der Waals surface area contributed by atoms with Crippen LogP contribution in [0.3, 0.4) is 0 Å². The number of piperidine rings is 1. The summed E-state index contributed by atoms with van der Waals surface area (Å²) >= 11 is 5.58. The standard InChI is InChI=1S/C10H19ClN2O/c1-3-13(10(14)7-11)9-5-4-6-12(2)8-9/h9H,3-8H2,1-2H3/t9-/m0/s1. The molecule has 1 saturated heterocycles. The van der Waals surface area contributed by atoms with E-state index < -0.39 is 0 Å². The Labute approximate surface area is 91.0 Å². The first-order valence-electron chi connectivity index (χ1n) is 5.23. The van der Waals surface area contributed by atoms with Crippen molar-refractivity contribution in [2.45, 2.75) is 25.8 Å². The molecule has 4 heteroatoms. The minimum atomic E-state index is 0.0643. The average molecular weight is 219 g/mol. The van der Waals surface area contributed by atoms with Crippen LogP contribution < -0.4 is 0 Å². The molecule has 0 radical (unpaired) electrons. The number of likely N-dealkylation sites (N-methyl/N-ethyl adjacent to an activating group) is 2. The SMILES string of the molecule is CCN(C(=O)CCl)[C@H]1CCCN(C)C1. The molecule has 14 heavy (non-hydrogen) atoms. The molecule has 1 fully saturated rings. The quantitative estimate of drug-likeness (QED) is 0.664. The number of hydrogen-bond donors (Lipinski definition) is 0. The molecule has 0 aromatic heterocycles. The van der Waals surface area contributed by atoms with Crippen molar-refractivity contribution in [3.63, 3.8) is 0 Å². The number of likely N-dealkylation sites (tertiary alicyclic amines) is 1. The highest BCUT2D eigenvalue weighted by Gasteiger charge is 2.25. The lowest BCUT2D eigenvalue weighted by molar-refractivity contribution is -0.131. The Balaban J connectivity index is 2.54. The lowest BCUT2D eigenvalue weighted by Gasteiger charge is -2.37. The predicted molar refractivity (Wildman–Crippen MR) is 58.6 cm³/mol. The van der Waals surface area contributed by atoms with Crippen LogP contribution in [0.15, 0.2) is 0 Å². The molecule has 0 bridgehead atoms. The minimum absolute atomic E-state index is 0.0643. The minimum Gasteiger partial charge on any atom is -0.338 e. The molecule has 0 aromatic rings. The van der Waals surface area contributed by atoms with E-state index in [9.17, 15) is 4.79 Å². The molecule has 0 aromatic carbocycles. The summed E-state index contributed by atoms with van der Waals surface area (Å²) in [7, 11) is 2.10. The molecule has 0 saturated carbocycles. The van der Waals surface area contributed by atoms with Crippen LogP contribution in [0.2, 0.25) is 0 Å². The summed E-state index contributed by atoms with van der Waals surface area (Å²) in [6.45, 7) is 4.91. The van der Waals surface area contributed by atoms with Gasteiger partial charge >= 0.3 is 0 Å². The summed E-state index contributed by atoms with van der Waals surface area (Å²) in [6.07, 6.45) is 2.29. The van der Waals surface area contributed by atoms with Gasteiger partial charge in [0, 0.05) is 19.1 Å². The molecular formula is C10H19ClN2O. The number of alkyl halides is 1. The number of rotatable bonds is 3. The van der Waals surface area contributed by atoms with E-state index in [4.69, 9.17) is 11.6 Å². The van der Waals surface area contributed by atoms with Gasteiger partial charge in [-0.3, -0.25) is 4.79 Å². The van der Waals surface area contributed by atoms with Crippen molar-refractivity contribution in [1.82, 2.24) is 9.80 Å². The average Bonchev–Trinajstić information content (AvgIpc) is 2.19. The van der Waals surface area contributed by atoms with Crippen LogP contribution >= 0.6 is 11.6 Å². The Kier molecular flexibility index (Phi) is 4.69. The normalized spacial score (nSPS) is 23.5. The summed E-state index contributed by atoms with van der Waals surface area (Å²) in [6, 6.07) is 0.366. The Morgan fingerprint density at radius 1 is 1.64 bits per heavy atom. The zero-order valence-electron chi connectivity index (χ0n) is 9.00.